The molecule has 1 aliphatic rings. The Kier molecular flexibility index (Phi) is 6.63. The van der Waals surface area contributed by atoms with E-state index in [2.05, 4.69) is 0 Å². The lowest BCUT2D eigenvalue weighted by molar-refractivity contribution is -0.152. The van der Waals surface area contributed by atoms with Crippen molar-refractivity contribution in [1.82, 2.24) is 9.21 Å². The molecule has 1 amide bonds. The van der Waals surface area contributed by atoms with Crippen molar-refractivity contribution in [2.45, 2.75) is 30.3 Å². The van der Waals surface area contributed by atoms with Crippen molar-refractivity contribution < 1.29 is 18.3 Å². The lowest BCUT2D eigenvalue weighted by Gasteiger charge is -2.32. The zero-order chi connectivity index (χ0) is 21.1. The van der Waals surface area contributed by atoms with Crippen LogP contribution in [-0.4, -0.2) is 54.8 Å². The Bertz CT molecular complexity index is 968. The molecule has 0 bridgehead atoms. The van der Waals surface area contributed by atoms with Crippen molar-refractivity contribution in [1.29, 1.82) is 0 Å². The molecule has 1 atom stereocenters. The molecule has 1 aliphatic heterocycles. The van der Waals surface area contributed by atoms with E-state index in [1.165, 1.54) is 4.31 Å². The van der Waals surface area contributed by atoms with Crippen molar-refractivity contribution in [3.63, 3.8) is 0 Å². The molecular weight excluding hydrogens is 412 g/mol. The Balaban J connectivity index is 1.79. The average Bonchev–Trinajstić information content (AvgIpc) is 3.00. The number of amides is 1. The lowest BCUT2D eigenvalue weighted by atomic mass is 9.89. The number of rotatable bonds is 5. The van der Waals surface area contributed by atoms with Crippen LogP contribution in [0, 0.1) is 0 Å². The maximum atomic E-state index is 13.2. The molecule has 29 heavy (non-hydrogen) atoms. The van der Waals surface area contributed by atoms with Gasteiger partial charge in [0.1, 0.15) is 0 Å². The smallest absolute Gasteiger partial charge is 0.259 e. The molecule has 0 saturated carbocycles. The highest BCUT2D eigenvalue weighted by Gasteiger charge is 2.40. The summed E-state index contributed by atoms with van der Waals surface area (Å²) in [5, 5.41) is 11.6. The second-order valence-electron chi connectivity index (χ2n) is 7.09. The normalized spacial score (nSPS) is 18.1. The number of nitrogens with zero attached hydrogens (tertiary/aromatic N) is 2. The van der Waals surface area contributed by atoms with E-state index in [0.29, 0.717) is 30.1 Å². The summed E-state index contributed by atoms with van der Waals surface area (Å²) in [5.41, 5.74) is -1.26. The fourth-order valence-corrected chi connectivity index (χ4v) is 5.25. The molecule has 0 radical (unpaired) electrons. The fraction of sp³-hybridized carbons (Fsp3) is 0.381. The van der Waals surface area contributed by atoms with Crippen molar-refractivity contribution in [3.05, 3.63) is 65.2 Å². The highest BCUT2D eigenvalue weighted by atomic mass is 35.5. The Morgan fingerprint density at radius 3 is 2.45 bits per heavy atom. The largest absolute Gasteiger partial charge is 0.375 e. The standard InChI is InChI=1S/C21H25ClN2O4S/c1-2-21(26,17-8-6-9-18(22)16-17)20(25)23-12-7-13-24(15-14-23)29(27,28)19-10-4-3-5-11-19/h3-6,8-11,16,26H,2,7,12-15H2,1H3. The van der Waals surface area contributed by atoms with Gasteiger partial charge in [-0.1, -0.05) is 48.9 Å². The highest BCUT2D eigenvalue weighted by molar-refractivity contribution is 7.89. The van der Waals surface area contributed by atoms with Crippen LogP contribution in [0.1, 0.15) is 25.3 Å². The molecular formula is C21H25ClN2O4S. The van der Waals surface area contributed by atoms with Crippen molar-refractivity contribution >= 4 is 27.5 Å². The Morgan fingerprint density at radius 1 is 1.07 bits per heavy atom. The van der Waals surface area contributed by atoms with Crippen molar-refractivity contribution in [2.24, 2.45) is 0 Å². The van der Waals surface area contributed by atoms with Gasteiger partial charge in [0.25, 0.3) is 5.91 Å². The number of halogens is 1. The summed E-state index contributed by atoms with van der Waals surface area (Å²) in [4.78, 5) is 15.0. The zero-order valence-corrected chi connectivity index (χ0v) is 17.9. The predicted octanol–water partition coefficient (Wildman–Crippen LogP) is 2.86. The average molecular weight is 437 g/mol. The van der Waals surface area contributed by atoms with E-state index in [1.807, 2.05) is 0 Å². The predicted molar refractivity (Wildman–Crippen MR) is 112 cm³/mol. The van der Waals surface area contributed by atoms with Crippen LogP contribution in [0.15, 0.2) is 59.5 Å². The van der Waals surface area contributed by atoms with Crippen molar-refractivity contribution in [2.75, 3.05) is 26.2 Å². The Morgan fingerprint density at radius 2 is 1.79 bits per heavy atom. The SMILES string of the molecule is CCC(O)(C(=O)N1CCCN(S(=O)(=O)c2ccccc2)CC1)c1cccc(Cl)c1. The molecule has 1 unspecified atom stereocenters. The van der Waals surface area contributed by atoms with Gasteiger partial charge in [-0.2, -0.15) is 4.31 Å². The van der Waals surface area contributed by atoms with E-state index in [-0.39, 0.29) is 24.4 Å². The summed E-state index contributed by atoms with van der Waals surface area (Å²) in [6, 6.07) is 14.9. The van der Waals surface area contributed by atoms with E-state index in [1.54, 1.807) is 66.4 Å². The number of benzene rings is 2. The van der Waals surface area contributed by atoms with Crippen LogP contribution < -0.4 is 0 Å². The van der Waals surface area contributed by atoms with Crippen LogP contribution >= 0.6 is 11.6 Å². The molecule has 2 aromatic rings. The van der Waals surface area contributed by atoms with Crippen LogP contribution in [0.5, 0.6) is 0 Å². The van der Waals surface area contributed by atoms with Crippen molar-refractivity contribution in [3.8, 4) is 0 Å². The highest BCUT2D eigenvalue weighted by Crippen LogP contribution is 2.30. The number of hydrogen-bond donors (Lipinski definition) is 1. The first-order valence-corrected chi connectivity index (χ1v) is 11.4. The Labute approximate surface area is 176 Å². The number of hydrogen-bond acceptors (Lipinski definition) is 4. The first-order valence-electron chi connectivity index (χ1n) is 9.62. The monoisotopic (exact) mass is 436 g/mol. The first kappa shape index (κ1) is 21.8. The first-order chi connectivity index (χ1) is 13.8. The quantitative estimate of drug-likeness (QED) is 0.781. The molecule has 3 rings (SSSR count). The van der Waals surface area contributed by atoms with Gasteiger partial charge in [0.05, 0.1) is 4.90 Å². The molecule has 8 heteroatoms. The summed E-state index contributed by atoms with van der Waals surface area (Å²) >= 11 is 6.04. The van der Waals surface area contributed by atoms with Gasteiger partial charge in [-0.3, -0.25) is 4.79 Å². The topological polar surface area (TPSA) is 77.9 Å². The van der Waals surface area contributed by atoms with Gasteiger partial charge in [0.2, 0.25) is 10.0 Å². The summed E-state index contributed by atoms with van der Waals surface area (Å²) in [5.74, 6) is -0.429. The number of carbonyl (C=O) groups excluding carboxylic acids is 1. The molecule has 2 aromatic carbocycles. The molecule has 0 aliphatic carbocycles. The van der Waals surface area contributed by atoms with Gasteiger partial charge in [0.15, 0.2) is 5.60 Å². The van der Waals surface area contributed by atoms with E-state index >= 15 is 0 Å². The Hall–Kier alpha value is -1.93. The number of sulfonamides is 1. The van der Waals surface area contributed by atoms with Crippen LogP contribution in [-0.2, 0) is 20.4 Å². The third-order valence-corrected chi connectivity index (χ3v) is 7.44. The van der Waals surface area contributed by atoms with Crippen LogP contribution in [0.2, 0.25) is 5.02 Å². The maximum absolute atomic E-state index is 13.2. The third-order valence-electron chi connectivity index (χ3n) is 5.29. The van der Waals surface area contributed by atoms with E-state index < -0.39 is 21.5 Å². The number of carbonyl (C=O) groups is 1. The molecule has 1 fully saturated rings. The third kappa shape index (κ3) is 4.48. The molecule has 0 aromatic heterocycles. The van der Waals surface area contributed by atoms with Gasteiger partial charge in [-0.25, -0.2) is 8.42 Å². The second kappa shape index (κ2) is 8.83. The number of aliphatic hydroxyl groups is 1. The van der Waals surface area contributed by atoms with E-state index in [0.717, 1.165) is 0 Å². The van der Waals surface area contributed by atoms with E-state index in [4.69, 9.17) is 11.6 Å². The molecule has 1 saturated heterocycles. The molecule has 156 valence electrons. The van der Waals surface area contributed by atoms with Crippen LogP contribution in [0.3, 0.4) is 0 Å². The molecule has 1 heterocycles. The molecule has 0 spiro atoms. The van der Waals surface area contributed by atoms with Crippen LogP contribution in [0.25, 0.3) is 0 Å². The summed E-state index contributed by atoms with van der Waals surface area (Å²) in [6.45, 7) is 2.83. The van der Waals surface area contributed by atoms with Gasteiger partial charge in [-0.15, -0.1) is 0 Å². The van der Waals surface area contributed by atoms with Gasteiger partial charge in [-0.05, 0) is 42.7 Å². The minimum absolute atomic E-state index is 0.179. The summed E-state index contributed by atoms with van der Waals surface area (Å²) < 4.78 is 27.2. The summed E-state index contributed by atoms with van der Waals surface area (Å²) in [7, 11) is -3.62. The summed E-state index contributed by atoms with van der Waals surface area (Å²) in [6.07, 6.45) is 0.682. The van der Waals surface area contributed by atoms with Crippen LogP contribution in [0.4, 0.5) is 0 Å². The maximum Gasteiger partial charge on any atom is 0.259 e. The molecule has 1 N–H and O–H groups in total. The lowest BCUT2D eigenvalue weighted by Crippen LogP contribution is -2.48. The van der Waals surface area contributed by atoms with Gasteiger partial charge < -0.3 is 10.0 Å². The van der Waals surface area contributed by atoms with Gasteiger partial charge >= 0.3 is 0 Å². The minimum atomic E-state index is -3.62. The minimum Gasteiger partial charge on any atom is -0.375 e. The second-order valence-corrected chi connectivity index (χ2v) is 9.46. The molecule has 6 nitrogen and oxygen atoms in total. The zero-order valence-electron chi connectivity index (χ0n) is 16.3. The van der Waals surface area contributed by atoms with Gasteiger partial charge in [0, 0.05) is 31.2 Å². The van der Waals surface area contributed by atoms with E-state index in [9.17, 15) is 18.3 Å². The fourth-order valence-electron chi connectivity index (χ4n) is 3.56.